The van der Waals surface area contributed by atoms with Crippen LogP contribution in [-0.4, -0.2) is 25.0 Å². The smallest absolute Gasteiger partial charge is 0.230 e. The molecule has 0 bridgehead atoms. The molecule has 1 aromatic rings. The molecule has 0 aliphatic carbocycles. The van der Waals surface area contributed by atoms with Gasteiger partial charge in [0.1, 0.15) is 0 Å². The van der Waals surface area contributed by atoms with Crippen LogP contribution in [0.3, 0.4) is 0 Å². The normalized spacial score (nSPS) is 19.3. The van der Waals surface area contributed by atoms with Crippen LogP contribution in [0.4, 0.5) is 0 Å². The second-order valence-corrected chi connectivity index (χ2v) is 5.86. The van der Waals surface area contributed by atoms with Crippen molar-refractivity contribution < 1.29 is 4.79 Å². The van der Waals surface area contributed by atoms with Crippen molar-refractivity contribution in [1.82, 2.24) is 10.6 Å². The van der Waals surface area contributed by atoms with Crippen molar-refractivity contribution in [2.45, 2.75) is 51.0 Å². The highest BCUT2D eigenvalue weighted by Crippen LogP contribution is 2.33. The highest BCUT2D eigenvalue weighted by molar-refractivity contribution is 5.88. The molecule has 1 saturated heterocycles. The largest absolute Gasteiger partial charge is 0.353 e. The monoisotopic (exact) mass is 274 g/mol. The molecule has 1 unspecified atom stereocenters. The maximum atomic E-state index is 12.9. The van der Waals surface area contributed by atoms with Gasteiger partial charge in [-0.15, -0.1) is 0 Å². The number of hydrogen-bond acceptors (Lipinski definition) is 2. The van der Waals surface area contributed by atoms with Crippen molar-refractivity contribution in [3.05, 3.63) is 35.9 Å². The van der Waals surface area contributed by atoms with Crippen molar-refractivity contribution in [2.75, 3.05) is 13.1 Å². The van der Waals surface area contributed by atoms with Gasteiger partial charge < -0.3 is 10.6 Å². The van der Waals surface area contributed by atoms with E-state index in [2.05, 4.69) is 36.6 Å². The molecule has 1 aliphatic rings. The van der Waals surface area contributed by atoms with Gasteiger partial charge >= 0.3 is 0 Å². The first-order valence-corrected chi connectivity index (χ1v) is 7.76. The summed E-state index contributed by atoms with van der Waals surface area (Å²) in [5.41, 5.74) is 0.803. The summed E-state index contributed by atoms with van der Waals surface area (Å²) < 4.78 is 0. The van der Waals surface area contributed by atoms with Gasteiger partial charge in [-0.25, -0.2) is 0 Å². The quantitative estimate of drug-likeness (QED) is 0.866. The molecule has 1 aliphatic heterocycles. The molecular formula is C17H26N2O. The van der Waals surface area contributed by atoms with Crippen LogP contribution < -0.4 is 10.6 Å². The van der Waals surface area contributed by atoms with Gasteiger partial charge in [0, 0.05) is 6.04 Å². The summed E-state index contributed by atoms with van der Waals surface area (Å²) >= 11 is 0. The first-order valence-electron chi connectivity index (χ1n) is 7.76. The number of carbonyl (C=O) groups is 1. The first kappa shape index (κ1) is 15.0. The number of hydrogen-bond donors (Lipinski definition) is 2. The van der Waals surface area contributed by atoms with Crippen LogP contribution in [0.1, 0.15) is 45.1 Å². The van der Waals surface area contributed by atoms with E-state index >= 15 is 0 Å². The van der Waals surface area contributed by atoms with Crippen LogP contribution in [0, 0.1) is 0 Å². The summed E-state index contributed by atoms with van der Waals surface area (Å²) in [7, 11) is 0. The molecular weight excluding hydrogens is 248 g/mol. The maximum Gasteiger partial charge on any atom is 0.230 e. The Morgan fingerprint density at radius 1 is 1.30 bits per heavy atom. The second kappa shape index (κ2) is 6.89. The lowest BCUT2D eigenvalue weighted by Crippen LogP contribution is -2.52. The SMILES string of the molecule is CCCC(C)NC(=O)C1(c2ccccc2)CCNCC1. The summed E-state index contributed by atoms with van der Waals surface area (Å²) in [5.74, 6) is 0.200. The third-order valence-corrected chi connectivity index (χ3v) is 4.32. The molecule has 1 heterocycles. The molecule has 1 atom stereocenters. The van der Waals surface area contributed by atoms with Crippen molar-refractivity contribution in [3.63, 3.8) is 0 Å². The highest BCUT2D eigenvalue weighted by Gasteiger charge is 2.41. The van der Waals surface area contributed by atoms with Gasteiger partial charge in [-0.1, -0.05) is 43.7 Å². The number of amides is 1. The summed E-state index contributed by atoms with van der Waals surface area (Å²) in [6.45, 7) is 6.07. The van der Waals surface area contributed by atoms with E-state index in [1.807, 2.05) is 18.2 Å². The summed E-state index contributed by atoms with van der Waals surface area (Å²) in [4.78, 5) is 12.9. The Morgan fingerprint density at radius 3 is 2.55 bits per heavy atom. The molecule has 20 heavy (non-hydrogen) atoms. The second-order valence-electron chi connectivity index (χ2n) is 5.86. The number of nitrogens with one attached hydrogen (secondary N) is 2. The maximum absolute atomic E-state index is 12.9. The fraction of sp³-hybridized carbons (Fsp3) is 0.588. The predicted molar refractivity (Wildman–Crippen MR) is 82.7 cm³/mol. The van der Waals surface area contributed by atoms with Crippen LogP contribution >= 0.6 is 0 Å². The van der Waals surface area contributed by atoms with Crippen LogP contribution in [0.5, 0.6) is 0 Å². The van der Waals surface area contributed by atoms with Gasteiger partial charge in [-0.05, 0) is 44.8 Å². The molecule has 0 radical (unpaired) electrons. The molecule has 3 heteroatoms. The minimum Gasteiger partial charge on any atom is -0.353 e. The van der Waals surface area contributed by atoms with Crippen LogP contribution in [-0.2, 0) is 10.2 Å². The molecule has 0 aromatic heterocycles. The van der Waals surface area contributed by atoms with Gasteiger partial charge in [0.2, 0.25) is 5.91 Å². The fourth-order valence-corrected chi connectivity index (χ4v) is 3.12. The van der Waals surface area contributed by atoms with Gasteiger partial charge in [0.15, 0.2) is 0 Å². The van der Waals surface area contributed by atoms with E-state index in [1.165, 1.54) is 0 Å². The standard InChI is InChI=1S/C17H26N2O/c1-3-7-14(2)19-16(20)17(10-12-18-13-11-17)15-8-5-4-6-9-15/h4-6,8-9,14,18H,3,7,10-13H2,1-2H3,(H,19,20). The van der Waals surface area contributed by atoms with Crippen LogP contribution in [0.25, 0.3) is 0 Å². The van der Waals surface area contributed by atoms with Gasteiger partial charge in [0.05, 0.1) is 5.41 Å². The van der Waals surface area contributed by atoms with Crippen molar-refractivity contribution in [2.24, 2.45) is 0 Å². The van der Waals surface area contributed by atoms with E-state index in [9.17, 15) is 4.79 Å². The number of piperidine rings is 1. The van der Waals surface area contributed by atoms with Crippen LogP contribution in [0.2, 0.25) is 0 Å². The van der Waals surface area contributed by atoms with E-state index in [1.54, 1.807) is 0 Å². The Morgan fingerprint density at radius 2 is 1.95 bits per heavy atom. The Bertz CT molecular complexity index is 424. The third kappa shape index (κ3) is 3.21. The summed E-state index contributed by atoms with van der Waals surface area (Å²) in [6, 6.07) is 10.5. The first-order chi connectivity index (χ1) is 9.69. The van der Waals surface area contributed by atoms with Crippen LogP contribution in [0.15, 0.2) is 30.3 Å². The Hall–Kier alpha value is -1.35. The Kier molecular flexibility index (Phi) is 5.18. The minimum absolute atomic E-state index is 0.200. The summed E-state index contributed by atoms with van der Waals surface area (Å²) in [6.07, 6.45) is 3.89. The van der Waals surface area contributed by atoms with E-state index in [4.69, 9.17) is 0 Å². The lowest BCUT2D eigenvalue weighted by atomic mass is 9.72. The average Bonchev–Trinajstić information content (AvgIpc) is 2.49. The summed E-state index contributed by atoms with van der Waals surface area (Å²) in [5, 5.41) is 6.59. The van der Waals surface area contributed by atoms with E-state index in [0.717, 1.165) is 44.3 Å². The number of carbonyl (C=O) groups excluding carboxylic acids is 1. The fourth-order valence-electron chi connectivity index (χ4n) is 3.12. The lowest BCUT2D eigenvalue weighted by Gasteiger charge is -2.37. The van der Waals surface area contributed by atoms with Crippen molar-refractivity contribution in [1.29, 1.82) is 0 Å². The third-order valence-electron chi connectivity index (χ3n) is 4.32. The molecule has 0 spiro atoms. The van der Waals surface area contributed by atoms with E-state index in [-0.39, 0.29) is 17.4 Å². The molecule has 2 N–H and O–H groups in total. The van der Waals surface area contributed by atoms with Crippen molar-refractivity contribution >= 4 is 5.91 Å². The average molecular weight is 274 g/mol. The van der Waals surface area contributed by atoms with Gasteiger partial charge in [-0.3, -0.25) is 4.79 Å². The molecule has 2 rings (SSSR count). The molecule has 110 valence electrons. The zero-order valence-corrected chi connectivity index (χ0v) is 12.6. The molecule has 1 fully saturated rings. The van der Waals surface area contributed by atoms with Crippen molar-refractivity contribution in [3.8, 4) is 0 Å². The number of rotatable bonds is 5. The number of benzene rings is 1. The topological polar surface area (TPSA) is 41.1 Å². The molecule has 0 saturated carbocycles. The molecule has 1 aromatic carbocycles. The molecule has 1 amide bonds. The Balaban J connectivity index is 2.21. The highest BCUT2D eigenvalue weighted by atomic mass is 16.2. The van der Waals surface area contributed by atoms with E-state index < -0.39 is 0 Å². The minimum atomic E-state index is -0.353. The van der Waals surface area contributed by atoms with Gasteiger partial charge in [-0.2, -0.15) is 0 Å². The molecule has 3 nitrogen and oxygen atoms in total. The zero-order valence-electron chi connectivity index (χ0n) is 12.6. The predicted octanol–water partition coefficient (Wildman–Crippen LogP) is 2.61. The zero-order chi connectivity index (χ0) is 14.4. The Labute approximate surface area is 122 Å². The lowest BCUT2D eigenvalue weighted by molar-refractivity contribution is -0.128. The van der Waals surface area contributed by atoms with E-state index in [0.29, 0.717) is 0 Å². The van der Waals surface area contributed by atoms with Gasteiger partial charge in [0.25, 0.3) is 0 Å².